The topological polar surface area (TPSA) is 23.1 Å². The zero-order chi connectivity index (χ0) is 5.98. The van der Waals surface area contributed by atoms with Gasteiger partial charge in [-0.1, -0.05) is 0 Å². The van der Waals surface area contributed by atoms with Crippen LogP contribution in [0.5, 0.6) is 0 Å². The Morgan fingerprint density at radius 3 is 2.88 bits per heavy atom. The summed E-state index contributed by atoms with van der Waals surface area (Å²) in [6.07, 6.45) is 2.40. The summed E-state index contributed by atoms with van der Waals surface area (Å²) in [6.45, 7) is 2.06. The molecule has 0 aromatic rings. The third-order valence-electron chi connectivity index (χ3n) is 1.28. The van der Waals surface area contributed by atoms with Crippen LogP contribution in [0.4, 0.5) is 0 Å². The van der Waals surface area contributed by atoms with Crippen molar-refractivity contribution in [2.45, 2.75) is 25.0 Å². The van der Waals surface area contributed by atoms with Crippen molar-refractivity contribution in [1.82, 2.24) is 0 Å². The zero-order valence-electron chi connectivity index (χ0n) is 4.92. The first-order valence-electron chi connectivity index (χ1n) is 2.84. The fourth-order valence-corrected chi connectivity index (χ4v) is 3.60. The monoisotopic (exact) mass is 150 g/mol. The minimum absolute atomic E-state index is 0.439. The lowest BCUT2D eigenvalue weighted by atomic mass is 10.3. The van der Waals surface area contributed by atoms with Crippen LogP contribution in [0.15, 0.2) is 0 Å². The fourth-order valence-electron chi connectivity index (χ4n) is 0.724. The number of hydrogen-bond donors (Lipinski definition) is 0. The minimum Gasteiger partial charge on any atom is -0.605 e. The third-order valence-corrected chi connectivity index (χ3v) is 5.05. The van der Waals surface area contributed by atoms with Gasteiger partial charge in [0.05, 0.1) is 10.8 Å². The number of hydrogen-bond acceptors (Lipinski definition) is 2. The molecule has 1 rings (SSSR count). The molecular weight excluding hydrogens is 140 g/mol. The molecular formula is C5H10OS2. The predicted molar refractivity (Wildman–Crippen MR) is 39.3 cm³/mol. The van der Waals surface area contributed by atoms with E-state index in [1.54, 1.807) is 10.8 Å². The summed E-state index contributed by atoms with van der Waals surface area (Å²) < 4.78 is 10.9. The van der Waals surface area contributed by atoms with Crippen LogP contribution in [0.2, 0.25) is 0 Å². The number of rotatable bonds is 0. The van der Waals surface area contributed by atoms with E-state index in [4.69, 9.17) is 0 Å². The molecule has 0 N–H and O–H groups in total. The maximum atomic E-state index is 10.9. The average Bonchev–Trinajstić information content (AvgIpc) is 1.77. The van der Waals surface area contributed by atoms with E-state index in [1.165, 1.54) is 6.42 Å². The Balaban J connectivity index is 2.28. The van der Waals surface area contributed by atoms with Crippen molar-refractivity contribution in [3.63, 3.8) is 0 Å². The second-order valence-electron chi connectivity index (χ2n) is 2.04. The standard InChI is InChI=1S/C5H10OS2/c1-5-3-2-4-7-8(5)6/h5H,2-4H2,1H3. The van der Waals surface area contributed by atoms with Crippen LogP contribution in [0.3, 0.4) is 0 Å². The van der Waals surface area contributed by atoms with Gasteiger partial charge >= 0.3 is 0 Å². The lowest BCUT2D eigenvalue weighted by Gasteiger charge is -2.19. The molecule has 1 heterocycles. The molecule has 1 aliphatic heterocycles. The lowest BCUT2D eigenvalue weighted by Crippen LogP contribution is -2.18. The molecule has 0 aromatic heterocycles. The van der Waals surface area contributed by atoms with Crippen molar-refractivity contribution in [2.24, 2.45) is 0 Å². The van der Waals surface area contributed by atoms with Crippen LogP contribution in [-0.4, -0.2) is 15.6 Å². The van der Waals surface area contributed by atoms with Gasteiger partial charge in [-0.05, 0) is 19.8 Å². The summed E-state index contributed by atoms with van der Waals surface area (Å²) in [7, 11) is 1.03. The Morgan fingerprint density at radius 2 is 2.50 bits per heavy atom. The van der Waals surface area contributed by atoms with E-state index in [-0.39, 0.29) is 0 Å². The van der Waals surface area contributed by atoms with Crippen molar-refractivity contribution < 1.29 is 4.55 Å². The molecule has 0 spiro atoms. The minimum atomic E-state index is -0.568. The SMILES string of the molecule is CC1CCCS[S+]1[O-]. The molecule has 1 nitrogen and oxygen atoms in total. The van der Waals surface area contributed by atoms with Crippen LogP contribution >= 0.6 is 10.8 Å². The average molecular weight is 150 g/mol. The van der Waals surface area contributed by atoms with Gasteiger partial charge in [-0.25, -0.2) is 0 Å². The van der Waals surface area contributed by atoms with E-state index in [9.17, 15) is 4.55 Å². The quantitative estimate of drug-likeness (QED) is 0.386. The third kappa shape index (κ3) is 1.57. The lowest BCUT2D eigenvalue weighted by molar-refractivity contribution is 0.587. The Bertz CT molecular complexity index is 66.8. The van der Waals surface area contributed by atoms with Gasteiger partial charge in [0.2, 0.25) is 0 Å². The molecule has 3 heteroatoms. The molecule has 2 unspecified atom stereocenters. The maximum absolute atomic E-state index is 10.9. The zero-order valence-corrected chi connectivity index (χ0v) is 6.56. The molecule has 0 amide bonds. The first-order valence-corrected chi connectivity index (χ1v) is 5.56. The van der Waals surface area contributed by atoms with E-state index >= 15 is 0 Å². The maximum Gasteiger partial charge on any atom is 0.125 e. The second-order valence-corrected chi connectivity index (χ2v) is 5.70. The first kappa shape index (κ1) is 6.78. The molecule has 0 radical (unpaired) electrons. The molecule has 0 saturated carbocycles. The van der Waals surface area contributed by atoms with Crippen molar-refractivity contribution in [2.75, 3.05) is 5.75 Å². The second kappa shape index (κ2) is 2.99. The molecule has 8 heavy (non-hydrogen) atoms. The highest BCUT2D eigenvalue weighted by Gasteiger charge is 2.22. The van der Waals surface area contributed by atoms with Crippen LogP contribution in [0.1, 0.15) is 19.8 Å². The summed E-state index contributed by atoms with van der Waals surface area (Å²) in [5.74, 6) is 1.09. The summed E-state index contributed by atoms with van der Waals surface area (Å²) in [5, 5.41) is 0.439. The summed E-state index contributed by atoms with van der Waals surface area (Å²) in [5.41, 5.74) is 0. The fraction of sp³-hybridized carbons (Fsp3) is 1.00. The predicted octanol–water partition coefficient (Wildman–Crippen LogP) is 1.57. The highest BCUT2D eigenvalue weighted by molar-refractivity contribution is 8.72. The van der Waals surface area contributed by atoms with Gasteiger partial charge in [0.25, 0.3) is 0 Å². The molecule has 0 aromatic carbocycles. The Hall–Kier alpha value is 0.660. The van der Waals surface area contributed by atoms with E-state index in [0.29, 0.717) is 5.25 Å². The summed E-state index contributed by atoms with van der Waals surface area (Å²) >= 11 is 0. The van der Waals surface area contributed by atoms with Gasteiger partial charge < -0.3 is 4.55 Å². The Labute approximate surface area is 56.8 Å². The van der Waals surface area contributed by atoms with E-state index in [1.807, 2.05) is 0 Å². The Kier molecular flexibility index (Phi) is 2.53. The van der Waals surface area contributed by atoms with Gasteiger partial charge in [-0.15, -0.1) is 0 Å². The summed E-state index contributed by atoms with van der Waals surface area (Å²) in [4.78, 5) is 0. The van der Waals surface area contributed by atoms with E-state index < -0.39 is 10.2 Å². The van der Waals surface area contributed by atoms with Crippen LogP contribution in [-0.2, 0) is 10.2 Å². The van der Waals surface area contributed by atoms with Crippen molar-refractivity contribution in [1.29, 1.82) is 0 Å². The normalized spacial score (nSPS) is 39.8. The molecule has 0 bridgehead atoms. The summed E-state index contributed by atoms with van der Waals surface area (Å²) in [6, 6.07) is 0. The van der Waals surface area contributed by atoms with E-state index in [2.05, 4.69) is 6.92 Å². The first-order chi connectivity index (χ1) is 3.80. The van der Waals surface area contributed by atoms with Crippen molar-refractivity contribution in [3.05, 3.63) is 0 Å². The molecule has 1 aliphatic rings. The van der Waals surface area contributed by atoms with E-state index in [0.717, 1.165) is 12.2 Å². The largest absolute Gasteiger partial charge is 0.605 e. The van der Waals surface area contributed by atoms with Gasteiger partial charge in [0, 0.05) is 16.0 Å². The van der Waals surface area contributed by atoms with Gasteiger partial charge in [-0.2, -0.15) is 0 Å². The molecule has 2 atom stereocenters. The highest BCUT2D eigenvalue weighted by Crippen LogP contribution is 2.28. The molecule has 48 valence electrons. The van der Waals surface area contributed by atoms with Gasteiger partial charge in [0.15, 0.2) is 0 Å². The van der Waals surface area contributed by atoms with Crippen LogP contribution in [0, 0.1) is 0 Å². The molecule has 1 saturated heterocycles. The molecule has 0 aliphatic carbocycles. The van der Waals surface area contributed by atoms with Crippen molar-refractivity contribution in [3.8, 4) is 0 Å². The highest BCUT2D eigenvalue weighted by atomic mass is 33.1. The van der Waals surface area contributed by atoms with Gasteiger partial charge in [-0.3, -0.25) is 0 Å². The molecule has 1 fully saturated rings. The van der Waals surface area contributed by atoms with Crippen molar-refractivity contribution >= 4 is 21.0 Å². The van der Waals surface area contributed by atoms with Crippen LogP contribution in [0.25, 0.3) is 0 Å². The van der Waals surface area contributed by atoms with Gasteiger partial charge in [0.1, 0.15) is 5.25 Å². The Morgan fingerprint density at radius 1 is 1.75 bits per heavy atom. The smallest absolute Gasteiger partial charge is 0.125 e. The van der Waals surface area contributed by atoms with Crippen LogP contribution < -0.4 is 0 Å².